The van der Waals surface area contributed by atoms with Gasteiger partial charge in [0.2, 0.25) is 12.7 Å². The molecule has 0 fully saturated rings. The molecule has 5 heteroatoms. The quantitative estimate of drug-likeness (QED) is 0.719. The van der Waals surface area contributed by atoms with Crippen LogP contribution in [0.15, 0.2) is 42.7 Å². The number of hydrogen-bond acceptors (Lipinski definition) is 5. The third-order valence-corrected chi connectivity index (χ3v) is 3.39. The molecule has 1 aromatic heterocycles. The Bertz CT molecular complexity index is 833. The minimum Gasteiger partial charge on any atom is -0.454 e. The molecule has 5 nitrogen and oxygen atoms in total. The van der Waals surface area contributed by atoms with E-state index in [9.17, 15) is 0 Å². The molecule has 1 aliphatic heterocycles. The fraction of sp³-hybridized carbons (Fsp3) is 0.125. The summed E-state index contributed by atoms with van der Waals surface area (Å²) in [7, 11) is 0. The van der Waals surface area contributed by atoms with E-state index in [4.69, 9.17) is 14.2 Å². The number of ether oxygens (including phenoxy) is 3. The van der Waals surface area contributed by atoms with Gasteiger partial charge in [-0.05, 0) is 30.7 Å². The van der Waals surface area contributed by atoms with Gasteiger partial charge in [-0.1, -0.05) is 12.1 Å². The van der Waals surface area contributed by atoms with Crippen LogP contribution in [0.1, 0.15) is 5.56 Å². The van der Waals surface area contributed by atoms with Crippen molar-refractivity contribution in [2.24, 2.45) is 0 Å². The number of benzene rings is 2. The van der Waals surface area contributed by atoms with Crippen molar-refractivity contribution < 1.29 is 14.2 Å². The second kappa shape index (κ2) is 4.63. The fourth-order valence-electron chi connectivity index (χ4n) is 2.34. The van der Waals surface area contributed by atoms with Crippen LogP contribution in [0, 0.1) is 6.92 Å². The van der Waals surface area contributed by atoms with E-state index in [-0.39, 0.29) is 6.79 Å². The van der Waals surface area contributed by atoms with Crippen molar-refractivity contribution in [3.05, 3.63) is 48.3 Å². The summed E-state index contributed by atoms with van der Waals surface area (Å²) in [5, 5.41) is 0.884. The normalized spacial score (nSPS) is 12.6. The number of aromatic nitrogens is 2. The Morgan fingerprint density at radius 3 is 2.90 bits per heavy atom. The first-order chi connectivity index (χ1) is 10.3. The maximum Gasteiger partial charge on any atom is 0.231 e. The van der Waals surface area contributed by atoms with Crippen molar-refractivity contribution in [2.45, 2.75) is 6.92 Å². The van der Waals surface area contributed by atoms with Crippen LogP contribution in [0.5, 0.6) is 23.1 Å². The van der Waals surface area contributed by atoms with Gasteiger partial charge in [0.15, 0.2) is 11.5 Å². The summed E-state index contributed by atoms with van der Waals surface area (Å²) in [5.74, 6) is 2.59. The topological polar surface area (TPSA) is 53.5 Å². The number of nitrogens with zero attached hydrogens (tertiary/aromatic N) is 2. The lowest BCUT2D eigenvalue weighted by atomic mass is 10.1. The van der Waals surface area contributed by atoms with Gasteiger partial charge < -0.3 is 14.2 Å². The van der Waals surface area contributed by atoms with Gasteiger partial charge in [-0.25, -0.2) is 9.97 Å². The number of rotatable bonds is 2. The molecule has 0 atom stereocenters. The van der Waals surface area contributed by atoms with Crippen molar-refractivity contribution in [1.29, 1.82) is 0 Å². The van der Waals surface area contributed by atoms with Gasteiger partial charge in [-0.15, -0.1) is 0 Å². The summed E-state index contributed by atoms with van der Waals surface area (Å²) in [6.45, 7) is 2.26. The summed E-state index contributed by atoms with van der Waals surface area (Å²) in [6.07, 6.45) is 1.51. The van der Waals surface area contributed by atoms with E-state index in [1.807, 2.05) is 37.3 Å². The molecule has 4 rings (SSSR count). The molecule has 0 radical (unpaired) electrons. The average Bonchev–Trinajstić information content (AvgIpc) is 2.96. The minimum absolute atomic E-state index is 0.244. The lowest BCUT2D eigenvalue weighted by molar-refractivity contribution is 0.174. The van der Waals surface area contributed by atoms with Crippen LogP contribution in [0.3, 0.4) is 0 Å². The molecule has 0 spiro atoms. The standard InChI is InChI=1S/C16H12N2O3/c1-10-3-2-4-12-15(10)17-8-18-16(12)21-11-5-6-13-14(7-11)20-9-19-13/h2-8H,9H2,1H3. The van der Waals surface area contributed by atoms with Crippen LogP contribution in [0.25, 0.3) is 10.9 Å². The molecular formula is C16H12N2O3. The summed E-state index contributed by atoms with van der Waals surface area (Å²) < 4.78 is 16.5. The van der Waals surface area contributed by atoms with Gasteiger partial charge >= 0.3 is 0 Å². The van der Waals surface area contributed by atoms with Crippen molar-refractivity contribution in [3.8, 4) is 23.1 Å². The van der Waals surface area contributed by atoms with E-state index in [1.54, 1.807) is 6.07 Å². The first-order valence-electron chi connectivity index (χ1n) is 6.59. The molecular weight excluding hydrogens is 268 g/mol. The van der Waals surface area contributed by atoms with Crippen LogP contribution in [-0.4, -0.2) is 16.8 Å². The Hall–Kier alpha value is -2.82. The largest absolute Gasteiger partial charge is 0.454 e. The zero-order valence-electron chi connectivity index (χ0n) is 11.4. The van der Waals surface area contributed by atoms with E-state index in [2.05, 4.69) is 9.97 Å². The Morgan fingerprint density at radius 2 is 1.95 bits per heavy atom. The van der Waals surface area contributed by atoms with Gasteiger partial charge in [-0.3, -0.25) is 0 Å². The molecule has 0 saturated carbocycles. The predicted molar refractivity (Wildman–Crippen MR) is 76.9 cm³/mol. The molecule has 0 bridgehead atoms. The molecule has 0 amide bonds. The second-order valence-corrected chi connectivity index (χ2v) is 4.77. The van der Waals surface area contributed by atoms with E-state index >= 15 is 0 Å². The number of para-hydroxylation sites is 1. The van der Waals surface area contributed by atoms with Gasteiger partial charge in [0.25, 0.3) is 0 Å². The van der Waals surface area contributed by atoms with Crippen LogP contribution >= 0.6 is 0 Å². The van der Waals surface area contributed by atoms with Crippen molar-refractivity contribution >= 4 is 10.9 Å². The highest BCUT2D eigenvalue weighted by Gasteiger charge is 2.15. The molecule has 2 heterocycles. The van der Waals surface area contributed by atoms with Crippen molar-refractivity contribution in [3.63, 3.8) is 0 Å². The zero-order chi connectivity index (χ0) is 14.2. The van der Waals surface area contributed by atoms with Crippen LogP contribution in [0.4, 0.5) is 0 Å². The van der Waals surface area contributed by atoms with E-state index in [1.165, 1.54) is 6.33 Å². The van der Waals surface area contributed by atoms with Gasteiger partial charge in [0.05, 0.1) is 10.9 Å². The molecule has 0 unspecified atom stereocenters. The smallest absolute Gasteiger partial charge is 0.231 e. The second-order valence-electron chi connectivity index (χ2n) is 4.77. The van der Waals surface area contributed by atoms with Gasteiger partial charge in [-0.2, -0.15) is 0 Å². The average molecular weight is 280 g/mol. The molecule has 2 aromatic carbocycles. The number of fused-ring (bicyclic) bond motifs is 2. The monoisotopic (exact) mass is 280 g/mol. The summed E-state index contributed by atoms with van der Waals surface area (Å²) in [6, 6.07) is 11.4. The first-order valence-corrected chi connectivity index (χ1v) is 6.59. The minimum atomic E-state index is 0.244. The Morgan fingerprint density at radius 1 is 1.05 bits per heavy atom. The Balaban J connectivity index is 1.76. The van der Waals surface area contributed by atoms with Gasteiger partial charge in [0.1, 0.15) is 12.1 Å². The first kappa shape index (κ1) is 12.0. The zero-order valence-corrected chi connectivity index (χ0v) is 11.4. The van der Waals surface area contributed by atoms with Crippen LogP contribution in [-0.2, 0) is 0 Å². The van der Waals surface area contributed by atoms with E-state index in [0.29, 0.717) is 17.4 Å². The summed E-state index contributed by atoms with van der Waals surface area (Å²) >= 11 is 0. The molecule has 104 valence electrons. The molecule has 0 saturated heterocycles. The third-order valence-electron chi connectivity index (χ3n) is 3.39. The number of hydrogen-bond donors (Lipinski definition) is 0. The molecule has 21 heavy (non-hydrogen) atoms. The lowest BCUT2D eigenvalue weighted by Crippen LogP contribution is -1.93. The Kier molecular flexibility index (Phi) is 2.64. The summed E-state index contributed by atoms with van der Waals surface area (Å²) in [4.78, 5) is 8.54. The summed E-state index contributed by atoms with van der Waals surface area (Å²) in [5.41, 5.74) is 1.98. The van der Waals surface area contributed by atoms with Crippen molar-refractivity contribution in [2.75, 3.05) is 6.79 Å². The highest BCUT2D eigenvalue weighted by Crippen LogP contribution is 2.37. The van der Waals surface area contributed by atoms with Crippen molar-refractivity contribution in [1.82, 2.24) is 9.97 Å². The fourth-order valence-corrected chi connectivity index (χ4v) is 2.34. The number of aryl methyl sites for hydroxylation is 1. The molecule has 0 N–H and O–H groups in total. The maximum absolute atomic E-state index is 5.89. The highest BCUT2D eigenvalue weighted by atomic mass is 16.7. The van der Waals surface area contributed by atoms with Crippen LogP contribution < -0.4 is 14.2 Å². The van der Waals surface area contributed by atoms with Gasteiger partial charge in [0, 0.05) is 6.07 Å². The molecule has 1 aliphatic rings. The molecule has 3 aromatic rings. The highest BCUT2D eigenvalue weighted by molar-refractivity contribution is 5.86. The van der Waals surface area contributed by atoms with E-state index < -0.39 is 0 Å². The molecule has 0 aliphatic carbocycles. The lowest BCUT2D eigenvalue weighted by Gasteiger charge is -2.08. The predicted octanol–water partition coefficient (Wildman–Crippen LogP) is 3.46. The van der Waals surface area contributed by atoms with Crippen LogP contribution in [0.2, 0.25) is 0 Å². The maximum atomic E-state index is 5.89. The SMILES string of the molecule is Cc1cccc2c(Oc3ccc4c(c3)OCO4)ncnc12. The Labute approximate surface area is 121 Å². The third kappa shape index (κ3) is 2.03. The van der Waals surface area contributed by atoms with E-state index in [0.717, 1.165) is 22.2 Å².